The molecule has 2 N–H and O–H groups in total. The lowest BCUT2D eigenvalue weighted by atomic mass is 10.2. The van der Waals surface area contributed by atoms with Crippen LogP contribution in [0.4, 0.5) is 5.95 Å². The minimum Gasteiger partial charge on any atom is -0.439 e. The maximum atomic E-state index is 11.7. The average Bonchev–Trinajstić information content (AvgIpc) is 3.60. The third-order valence-corrected chi connectivity index (χ3v) is 6.11. The first kappa shape index (κ1) is 21.4. The van der Waals surface area contributed by atoms with E-state index in [0.29, 0.717) is 40.6 Å². The first-order valence-electron chi connectivity index (χ1n) is 9.67. The number of benzene rings is 1. The summed E-state index contributed by atoms with van der Waals surface area (Å²) in [6.45, 7) is 0.404. The van der Waals surface area contributed by atoms with E-state index in [2.05, 4.69) is 30.0 Å². The Balaban J connectivity index is 1.48. The number of nitrogens with one attached hydrogen (secondary N) is 2. The molecular weight excluding hydrogens is 440 g/mol. The lowest BCUT2D eigenvalue weighted by molar-refractivity contribution is 0.457. The Kier molecular flexibility index (Phi) is 6.30. The van der Waals surface area contributed by atoms with Crippen LogP contribution in [0.3, 0.4) is 0 Å². The first-order chi connectivity index (χ1) is 14.9. The lowest BCUT2D eigenvalue weighted by Gasteiger charge is -2.10. The van der Waals surface area contributed by atoms with Gasteiger partial charge in [0, 0.05) is 12.0 Å². The minimum atomic E-state index is -3.33. The van der Waals surface area contributed by atoms with Crippen molar-refractivity contribution >= 4 is 27.6 Å². The molecule has 0 unspecified atom stereocenters. The number of ether oxygens (including phenoxy) is 1. The highest BCUT2D eigenvalue weighted by Crippen LogP contribution is 2.39. The second-order valence-corrected chi connectivity index (χ2v) is 9.48. The van der Waals surface area contributed by atoms with Gasteiger partial charge in [0.2, 0.25) is 21.9 Å². The fraction of sp³-hybridized carbons (Fsp3) is 0.300. The quantitative estimate of drug-likeness (QED) is 0.499. The van der Waals surface area contributed by atoms with Crippen LogP contribution >= 0.6 is 11.6 Å². The first-order valence-corrected chi connectivity index (χ1v) is 11.7. The summed E-state index contributed by atoms with van der Waals surface area (Å²) < 4.78 is 31.6. The molecule has 1 saturated carbocycles. The van der Waals surface area contributed by atoms with Crippen LogP contribution in [0.25, 0.3) is 0 Å². The van der Waals surface area contributed by atoms with Crippen molar-refractivity contribution < 1.29 is 13.2 Å². The molecular formula is C20H21ClN6O3S. The van der Waals surface area contributed by atoms with Crippen molar-refractivity contribution in [2.45, 2.75) is 31.1 Å². The largest absolute Gasteiger partial charge is 0.439 e. The number of anilines is 1. The summed E-state index contributed by atoms with van der Waals surface area (Å²) in [4.78, 5) is 17.4. The third-order valence-electron chi connectivity index (χ3n) is 4.58. The van der Waals surface area contributed by atoms with E-state index in [0.717, 1.165) is 24.4 Å². The van der Waals surface area contributed by atoms with Gasteiger partial charge < -0.3 is 10.1 Å². The molecule has 0 radical (unpaired) electrons. The molecule has 1 fully saturated rings. The van der Waals surface area contributed by atoms with Gasteiger partial charge in [-0.2, -0.15) is 4.98 Å². The van der Waals surface area contributed by atoms with E-state index in [9.17, 15) is 8.42 Å². The topological polar surface area (TPSA) is 119 Å². The summed E-state index contributed by atoms with van der Waals surface area (Å²) in [5.41, 5.74) is 1.41. The Morgan fingerprint density at radius 2 is 1.84 bits per heavy atom. The minimum absolute atomic E-state index is 0.0916. The number of sulfonamides is 1. The summed E-state index contributed by atoms with van der Waals surface area (Å²) in [5.74, 6) is 2.45. The summed E-state index contributed by atoms with van der Waals surface area (Å²) in [6.07, 6.45) is 5.16. The predicted molar refractivity (Wildman–Crippen MR) is 117 cm³/mol. The molecule has 1 aliphatic rings. The third kappa shape index (κ3) is 6.09. The summed E-state index contributed by atoms with van der Waals surface area (Å²) in [5, 5.41) is 3.58. The number of nitrogens with zero attached hydrogens (tertiary/aromatic N) is 4. The van der Waals surface area contributed by atoms with Crippen LogP contribution in [-0.4, -0.2) is 35.4 Å². The molecule has 0 atom stereocenters. The van der Waals surface area contributed by atoms with Gasteiger partial charge in [-0.25, -0.2) is 28.1 Å². The SMILES string of the molecule is CNS(=O)(=O)Cc1ccc(Oc2cc(CNc3ncc(Cl)cn3)nc(C3CC3)n2)cc1. The fourth-order valence-electron chi connectivity index (χ4n) is 2.80. The zero-order valence-electron chi connectivity index (χ0n) is 16.7. The van der Waals surface area contributed by atoms with Crippen LogP contribution < -0.4 is 14.8 Å². The number of hydrogen-bond acceptors (Lipinski definition) is 8. The zero-order valence-corrected chi connectivity index (χ0v) is 18.3. The molecule has 0 bridgehead atoms. The molecule has 0 aliphatic heterocycles. The fourth-order valence-corrected chi connectivity index (χ4v) is 3.67. The van der Waals surface area contributed by atoms with E-state index in [1.807, 2.05) is 0 Å². The molecule has 0 saturated heterocycles. The number of aromatic nitrogens is 4. The van der Waals surface area contributed by atoms with Crippen LogP contribution in [0.15, 0.2) is 42.7 Å². The molecule has 0 amide bonds. The molecule has 3 aromatic rings. The van der Waals surface area contributed by atoms with Crippen LogP contribution in [0.2, 0.25) is 5.02 Å². The van der Waals surface area contributed by atoms with Gasteiger partial charge in [-0.15, -0.1) is 0 Å². The van der Waals surface area contributed by atoms with Crippen molar-refractivity contribution in [3.8, 4) is 11.6 Å². The Morgan fingerprint density at radius 1 is 1.13 bits per heavy atom. The van der Waals surface area contributed by atoms with Crippen molar-refractivity contribution in [1.82, 2.24) is 24.7 Å². The van der Waals surface area contributed by atoms with Crippen LogP contribution in [0.1, 0.15) is 35.8 Å². The molecule has 9 nitrogen and oxygen atoms in total. The molecule has 2 aromatic heterocycles. The van der Waals surface area contributed by atoms with E-state index >= 15 is 0 Å². The Morgan fingerprint density at radius 3 is 2.48 bits per heavy atom. The van der Waals surface area contributed by atoms with Crippen LogP contribution in [0, 0.1) is 0 Å². The Bertz CT molecular complexity index is 1150. The van der Waals surface area contributed by atoms with Crippen molar-refractivity contribution in [2.75, 3.05) is 12.4 Å². The number of hydrogen-bond donors (Lipinski definition) is 2. The molecule has 31 heavy (non-hydrogen) atoms. The molecule has 4 rings (SSSR count). The normalized spacial score (nSPS) is 13.7. The highest BCUT2D eigenvalue weighted by molar-refractivity contribution is 7.88. The second-order valence-electron chi connectivity index (χ2n) is 7.12. The maximum Gasteiger partial charge on any atom is 0.222 e. The van der Waals surface area contributed by atoms with Gasteiger partial charge >= 0.3 is 0 Å². The maximum absolute atomic E-state index is 11.7. The molecule has 1 aliphatic carbocycles. The highest BCUT2D eigenvalue weighted by atomic mass is 35.5. The molecule has 2 heterocycles. The van der Waals surface area contributed by atoms with E-state index < -0.39 is 10.0 Å². The Hall–Kier alpha value is -2.82. The van der Waals surface area contributed by atoms with E-state index in [-0.39, 0.29) is 5.75 Å². The van der Waals surface area contributed by atoms with Gasteiger partial charge in [0.15, 0.2) is 0 Å². The molecule has 11 heteroatoms. The van der Waals surface area contributed by atoms with Crippen molar-refractivity contribution in [1.29, 1.82) is 0 Å². The molecule has 1 aromatic carbocycles. The molecule has 162 valence electrons. The predicted octanol–water partition coefficient (Wildman–Crippen LogP) is 3.25. The average molecular weight is 461 g/mol. The van der Waals surface area contributed by atoms with E-state index in [4.69, 9.17) is 16.3 Å². The van der Waals surface area contributed by atoms with Crippen LogP contribution in [-0.2, 0) is 22.3 Å². The number of rotatable bonds is 9. The van der Waals surface area contributed by atoms with Crippen molar-refractivity contribution in [3.63, 3.8) is 0 Å². The summed E-state index contributed by atoms with van der Waals surface area (Å²) in [7, 11) is -1.93. The van der Waals surface area contributed by atoms with Gasteiger partial charge in [0.05, 0.1) is 35.4 Å². The zero-order chi connectivity index (χ0) is 21.8. The van der Waals surface area contributed by atoms with Gasteiger partial charge in [-0.1, -0.05) is 23.7 Å². The van der Waals surface area contributed by atoms with Gasteiger partial charge in [-0.3, -0.25) is 0 Å². The van der Waals surface area contributed by atoms with E-state index in [1.165, 1.54) is 19.4 Å². The van der Waals surface area contributed by atoms with Gasteiger partial charge in [-0.05, 0) is 37.6 Å². The summed E-state index contributed by atoms with van der Waals surface area (Å²) >= 11 is 5.81. The van der Waals surface area contributed by atoms with Crippen molar-refractivity contribution in [2.24, 2.45) is 0 Å². The van der Waals surface area contributed by atoms with Crippen LogP contribution in [0.5, 0.6) is 11.6 Å². The van der Waals surface area contributed by atoms with Gasteiger partial charge in [0.25, 0.3) is 0 Å². The Labute approximate surface area is 185 Å². The van der Waals surface area contributed by atoms with Crippen molar-refractivity contribution in [3.05, 3.63) is 64.8 Å². The molecule has 0 spiro atoms. The lowest BCUT2D eigenvalue weighted by Crippen LogP contribution is -2.20. The van der Waals surface area contributed by atoms with E-state index in [1.54, 1.807) is 30.3 Å². The number of halogens is 1. The summed E-state index contributed by atoms with van der Waals surface area (Å²) in [6, 6.07) is 8.63. The smallest absolute Gasteiger partial charge is 0.222 e. The standard InChI is InChI=1S/C20H21ClN6O3S/c1-22-31(28,29)12-13-2-6-17(7-3-13)30-18-8-16(26-19(27-18)14-4-5-14)11-25-20-23-9-15(21)10-24-20/h2-3,6-10,14,22H,4-5,11-12H2,1H3,(H,23,24,25). The van der Waals surface area contributed by atoms with Gasteiger partial charge in [0.1, 0.15) is 11.6 Å². The second kappa shape index (κ2) is 9.13. The highest BCUT2D eigenvalue weighted by Gasteiger charge is 2.27. The monoisotopic (exact) mass is 460 g/mol.